The molecular formula is C11H19N3. The third-order valence-corrected chi connectivity index (χ3v) is 2.90. The average molecular weight is 193 g/mol. The summed E-state index contributed by atoms with van der Waals surface area (Å²) in [6, 6.07) is 2.78. The fourth-order valence-electron chi connectivity index (χ4n) is 1.70. The quantitative estimate of drug-likeness (QED) is 0.779. The Hall–Kier alpha value is -0.990. The molecule has 0 radical (unpaired) electrons. The molecule has 0 spiro atoms. The van der Waals surface area contributed by atoms with Gasteiger partial charge in [0.05, 0.1) is 6.20 Å². The molecule has 1 aliphatic rings. The van der Waals surface area contributed by atoms with Gasteiger partial charge in [0, 0.05) is 18.7 Å². The van der Waals surface area contributed by atoms with Gasteiger partial charge in [0.25, 0.3) is 0 Å². The Morgan fingerprint density at radius 1 is 1.57 bits per heavy atom. The van der Waals surface area contributed by atoms with Crippen LogP contribution >= 0.6 is 0 Å². The number of rotatable bonds is 5. The number of unbranched alkanes of at least 4 members (excludes halogenated alkanes) is 1. The van der Waals surface area contributed by atoms with Gasteiger partial charge in [-0.1, -0.05) is 13.3 Å². The van der Waals surface area contributed by atoms with Gasteiger partial charge in [-0.05, 0) is 25.7 Å². The van der Waals surface area contributed by atoms with Crippen molar-refractivity contribution in [2.45, 2.75) is 51.6 Å². The van der Waals surface area contributed by atoms with Crippen LogP contribution in [0.25, 0.3) is 0 Å². The van der Waals surface area contributed by atoms with Gasteiger partial charge in [0.2, 0.25) is 0 Å². The molecule has 1 saturated carbocycles. The maximum Gasteiger partial charge on any atom is 0.124 e. The van der Waals surface area contributed by atoms with Crippen molar-refractivity contribution in [3.05, 3.63) is 12.3 Å². The Morgan fingerprint density at radius 2 is 2.43 bits per heavy atom. The minimum Gasteiger partial charge on any atom is -0.368 e. The highest BCUT2D eigenvalue weighted by atomic mass is 15.3. The second-order valence-electron chi connectivity index (χ2n) is 4.07. The molecule has 0 bridgehead atoms. The summed E-state index contributed by atoms with van der Waals surface area (Å²) in [6.45, 7) is 3.25. The van der Waals surface area contributed by atoms with Crippen LogP contribution in [0.4, 0.5) is 5.82 Å². The number of aromatic nitrogens is 2. The predicted molar refractivity (Wildman–Crippen MR) is 58.4 cm³/mol. The van der Waals surface area contributed by atoms with Crippen LogP contribution < -0.4 is 5.32 Å². The summed E-state index contributed by atoms with van der Waals surface area (Å²) in [5.74, 6) is 1.20. The van der Waals surface area contributed by atoms with Crippen LogP contribution in [0.5, 0.6) is 0 Å². The zero-order valence-electron chi connectivity index (χ0n) is 8.87. The second kappa shape index (κ2) is 4.49. The van der Waals surface area contributed by atoms with Crippen molar-refractivity contribution in [1.82, 2.24) is 9.78 Å². The molecule has 3 nitrogen and oxygen atoms in total. The van der Waals surface area contributed by atoms with E-state index >= 15 is 0 Å². The maximum atomic E-state index is 4.32. The highest BCUT2D eigenvalue weighted by Gasteiger charge is 2.17. The molecule has 0 saturated heterocycles. The molecule has 1 aromatic heterocycles. The van der Waals surface area contributed by atoms with Gasteiger partial charge < -0.3 is 5.32 Å². The van der Waals surface area contributed by atoms with Crippen molar-refractivity contribution in [2.24, 2.45) is 0 Å². The van der Waals surface area contributed by atoms with Crippen molar-refractivity contribution in [2.75, 3.05) is 5.32 Å². The van der Waals surface area contributed by atoms with Gasteiger partial charge in [-0.2, -0.15) is 5.10 Å². The summed E-state index contributed by atoms with van der Waals surface area (Å²) >= 11 is 0. The summed E-state index contributed by atoms with van der Waals surface area (Å²) in [7, 11) is 0. The average Bonchev–Trinajstić information content (AvgIpc) is 2.55. The van der Waals surface area contributed by atoms with Gasteiger partial charge in [-0.25, -0.2) is 4.68 Å². The monoisotopic (exact) mass is 193 g/mol. The highest BCUT2D eigenvalue weighted by Crippen LogP contribution is 2.22. The topological polar surface area (TPSA) is 29.9 Å². The summed E-state index contributed by atoms with van der Waals surface area (Å²) in [6.07, 6.45) is 8.33. The van der Waals surface area contributed by atoms with Gasteiger partial charge >= 0.3 is 0 Å². The third kappa shape index (κ3) is 2.08. The Kier molecular flexibility index (Phi) is 3.07. The maximum absolute atomic E-state index is 4.32. The lowest BCUT2D eigenvalue weighted by Gasteiger charge is -2.27. The number of anilines is 1. The van der Waals surface area contributed by atoms with Crippen LogP contribution in [0.3, 0.4) is 0 Å². The summed E-state index contributed by atoms with van der Waals surface area (Å²) in [5, 5.41) is 7.86. The first-order chi connectivity index (χ1) is 6.90. The molecule has 0 aliphatic heterocycles. The molecule has 0 aromatic carbocycles. The molecule has 0 amide bonds. The van der Waals surface area contributed by atoms with Crippen molar-refractivity contribution >= 4 is 5.82 Å². The molecule has 78 valence electrons. The summed E-state index contributed by atoms with van der Waals surface area (Å²) in [4.78, 5) is 0. The fourth-order valence-corrected chi connectivity index (χ4v) is 1.70. The number of nitrogens with zero attached hydrogens (tertiary/aromatic N) is 2. The molecule has 1 fully saturated rings. The first-order valence-electron chi connectivity index (χ1n) is 5.68. The smallest absolute Gasteiger partial charge is 0.124 e. The standard InChI is InChI=1S/C11H19N3/c1-2-3-9-14-11(7-8-12-14)13-10-5-4-6-10/h7-8,10,13H,2-6,9H2,1H3. The van der Waals surface area contributed by atoms with Crippen LogP contribution in [0.2, 0.25) is 0 Å². The zero-order valence-corrected chi connectivity index (χ0v) is 8.87. The molecule has 0 unspecified atom stereocenters. The minimum absolute atomic E-state index is 0.701. The molecule has 0 atom stereocenters. The number of nitrogens with one attached hydrogen (secondary N) is 1. The largest absolute Gasteiger partial charge is 0.368 e. The second-order valence-corrected chi connectivity index (χ2v) is 4.07. The van der Waals surface area contributed by atoms with E-state index in [0.29, 0.717) is 6.04 Å². The van der Waals surface area contributed by atoms with E-state index in [-0.39, 0.29) is 0 Å². The number of hydrogen-bond donors (Lipinski definition) is 1. The molecule has 2 rings (SSSR count). The Balaban J connectivity index is 1.90. The Morgan fingerprint density at radius 3 is 3.07 bits per heavy atom. The highest BCUT2D eigenvalue weighted by molar-refractivity contribution is 5.35. The van der Waals surface area contributed by atoms with E-state index in [0.717, 1.165) is 6.54 Å². The number of aryl methyl sites for hydroxylation is 1. The normalized spacial score (nSPS) is 16.6. The van der Waals surface area contributed by atoms with Gasteiger partial charge in [0.1, 0.15) is 5.82 Å². The van der Waals surface area contributed by atoms with Crippen molar-refractivity contribution in [3.63, 3.8) is 0 Å². The van der Waals surface area contributed by atoms with Crippen LogP contribution in [-0.2, 0) is 6.54 Å². The van der Waals surface area contributed by atoms with E-state index in [1.54, 1.807) is 0 Å². The lowest BCUT2D eigenvalue weighted by atomic mass is 9.93. The summed E-state index contributed by atoms with van der Waals surface area (Å²) < 4.78 is 2.09. The molecule has 3 heteroatoms. The van der Waals surface area contributed by atoms with Crippen LogP contribution in [0, 0.1) is 0 Å². The molecule has 14 heavy (non-hydrogen) atoms. The van der Waals surface area contributed by atoms with E-state index in [1.807, 2.05) is 6.20 Å². The molecular weight excluding hydrogens is 174 g/mol. The number of hydrogen-bond acceptors (Lipinski definition) is 2. The van der Waals surface area contributed by atoms with E-state index in [2.05, 4.69) is 28.1 Å². The minimum atomic E-state index is 0.701. The summed E-state index contributed by atoms with van der Waals surface area (Å²) in [5.41, 5.74) is 0. The molecule has 1 aliphatic carbocycles. The lowest BCUT2D eigenvalue weighted by Crippen LogP contribution is -2.28. The van der Waals surface area contributed by atoms with Crippen LogP contribution in [0.15, 0.2) is 12.3 Å². The zero-order chi connectivity index (χ0) is 9.80. The fraction of sp³-hybridized carbons (Fsp3) is 0.727. The van der Waals surface area contributed by atoms with Crippen molar-refractivity contribution < 1.29 is 0 Å². The van der Waals surface area contributed by atoms with Crippen molar-refractivity contribution in [3.8, 4) is 0 Å². The van der Waals surface area contributed by atoms with E-state index in [9.17, 15) is 0 Å². The van der Waals surface area contributed by atoms with Gasteiger partial charge in [-0.15, -0.1) is 0 Å². The van der Waals surface area contributed by atoms with Crippen LogP contribution in [-0.4, -0.2) is 15.8 Å². The van der Waals surface area contributed by atoms with Gasteiger partial charge in [-0.3, -0.25) is 0 Å². The van der Waals surface area contributed by atoms with Gasteiger partial charge in [0.15, 0.2) is 0 Å². The SMILES string of the molecule is CCCCn1nccc1NC1CCC1. The third-order valence-electron chi connectivity index (χ3n) is 2.90. The van der Waals surface area contributed by atoms with E-state index < -0.39 is 0 Å². The lowest BCUT2D eigenvalue weighted by molar-refractivity contribution is 0.439. The first kappa shape index (κ1) is 9.56. The van der Waals surface area contributed by atoms with Crippen molar-refractivity contribution in [1.29, 1.82) is 0 Å². The molecule has 1 heterocycles. The van der Waals surface area contributed by atoms with E-state index in [1.165, 1.54) is 37.9 Å². The molecule has 1 N–H and O–H groups in total. The predicted octanol–water partition coefficient (Wildman–Crippen LogP) is 2.65. The Bertz CT molecular complexity index is 276. The Labute approximate surface area is 85.5 Å². The van der Waals surface area contributed by atoms with Crippen LogP contribution in [0.1, 0.15) is 39.0 Å². The molecule has 1 aromatic rings. The van der Waals surface area contributed by atoms with E-state index in [4.69, 9.17) is 0 Å². The first-order valence-corrected chi connectivity index (χ1v) is 5.68.